The Morgan fingerprint density at radius 2 is 2.07 bits per heavy atom. The van der Waals surface area contributed by atoms with E-state index in [1.807, 2.05) is 0 Å². The summed E-state index contributed by atoms with van der Waals surface area (Å²) in [6.45, 7) is 0.0407. The van der Waals surface area contributed by atoms with Crippen LogP contribution >= 0.6 is 0 Å². The molecule has 7 nitrogen and oxygen atoms in total. The maximum Gasteiger partial charge on any atom is 0.327 e. The summed E-state index contributed by atoms with van der Waals surface area (Å²) in [5, 5.41) is 21.7. The molecule has 1 aliphatic rings. The molecule has 4 N–H and O–H groups in total. The predicted molar refractivity (Wildman–Crippen MR) is 43.6 cm³/mol. The molecule has 7 heteroatoms. The third-order valence-electron chi connectivity index (χ3n) is 1.88. The first-order valence-electron chi connectivity index (χ1n) is 3.99. The molecular weight excluding hydrogens is 192 g/mol. The molecule has 0 bridgehead atoms. The minimum atomic E-state index is -1.14. The van der Waals surface area contributed by atoms with E-state index in [1.54, 1.807) is 0 Å². The van der Waals surface area contributed by atoms with Gasteiger partial charge in [0.2, 0.25) is 5.91 Å². The maximum atomic E-state index is 11.1. The van der Waals surface area contributed by atoms with Gasteiger partial charge in [-0.15, -0.1) is 0 Å². The van der Waals surface area contributed by atoms with Crippen molar-refractivity contribution in [3.8, 4) is 0 Å². The van der Waals surface area contributed by atoms with Gasteiger partial charge in [0.15, 0.2) is 0 Å². The minimum Gasteiger partial charge on any atom is -0.481 e. The molecule has 0 aromatic carbocycles. The third kappa shape index (κ3) is 2.43. The van der Waals surface area contributed by atoms with Crippen molar-refractivity contribution >= 4 is 17.8 Å². The van der Waals surface area contributed by atoms with Gasteiger partial charge in [0.05, 0.1) is 12.5 Å². The van der Waals surface area contributed by atoms with Crippen LogP contribution in [0.5, 0.6) is 0 Å². The number of hydrogen-bond acceptors (Lipinski definition) is 4. The summed E-state index contributed by atoms with van der Waals surface area (Å²) in [5.74, 6) is -2.84. The van der Waals surface area contributed by atoms with Gasteiger partial charge in [-0.3, -0.25) is 9.59 Å². The van der Waals surface area contributed by atoms with Gasteiger partial charge in [-0.1, -0.05) is 0 Å². The summed E-state index contributed by atoms with van der Waals surface area (Å²) in [7, 11) is 0. The lowest BCUT2D eigenvalue weighted by atomic mass is 10.1. The Labute approximate surface area is 79.1 Å². The van der Waals surface area contributed by atoms with E-state index in [4.69, 9.17) is 10.2 Å². The van der Waals surface area contributed by atoms with Crippen LogP contribution in [-0.4, -0.2) is 46.7 Å². The maximum absolute atomic E-state index is 11.1. The highest BCUT2D eigenvalue weighted by molar-refractivity contribution is 5.90. The molecule has 0 spiro atoms. The van der Waals surface area contributed by atoms with Crippen LogP contribution in [0.25, 0.3) is 0 Å². The van der Waals surface area contributed by atoms with E-state index in [9.17, 15) is 14.4 Å². The normalized spacial score (nSPS) is 26.7. The van der Waals surface area contributed by atoms with E-state index in [-0.39, 0.29) is 13.0 Å². The first kappa shape index (κ1) is 10.5. The van der Waals surface area contributed by atoms with E-state index < -0.39 is 29.9 Å². The molecule has 2 atom stereocenters. The zero-order valence-electron chi connectivity index (χ0n) is 7.19. The Hall–Kier alpha value is -1.63. The van der Waals surface area contributed by atoms with Gasteiger partial charge in [0.1, 0.15) is 6.04 Å². The van der Waals surface area contributed by atoms with Gasteiger partial charge in [-0.05, 0) is 0 Å². The van der Waals surface area contributed by atoms with Crippen LogP contribution in [0.2, 0.25) is 0 Å². The number of rotatable bonds is 3. The summed E-state index contributed by atoms with van der Waals surface area (Å²) < 4.78 is 0. The largest absolute Gasteiger partial charge is 0.481 e. The van der Waals surface area contributed by atoms with Crippen LogP contribution < -0.4 is 10.6 Å². The molecule has 1 heterocycles. The van der Waals surface area contributed by atoms with Gasteiger partial charge < -0.3 is 20.8 Å². The molecule has 1 fully saturated rings. The van der Waals surface area contributed by atoms with Crippen molar-refractivity contribution in [3.63, 3.8) is 0 Å². The van der Waals surface area contributed by atoms with E-state index in [2.05, 4.69) is 10.6 Å². The minimum absolute atomic E-state index is 0.0407. The Morgan fingerprint density at radius 1 is 1.43 bits per heavy atom. The van der Waals surface area contributed by atoms with E-state index in [0.29, 0.717) is 0 Å². The van der Waals surface area contributed by atoms with E-state index in [0.717, 1.165) is 0 Å². The Balaban J connectivity index is 2.52. The van der Waals surface area contributed by atoms with Crippen molar-refractivity contribution in [2.45, 2.75) is 18.5 Å². The number of amides is 1. The number of carbonyl (C=O) groups excluding carboxylic acids is 1. The predicted octanol–water partition coefficient (Wildman–Crippen LogP) is -2.00. The summed E-state index contributed by atoms with van der Waals surface area (Å²) >= 11 is 0. The fraction of sp³-hybridized carbons (Fsp3) is 0.571. The van der Waals surface area contributed by atoms with E-state index in [1.165, 1.54) is 0 Å². The molecule has 0 aliphatic carbocycles. The van der Waals surface area contributed by atoms with Gasteiger partial charge in [-0.2, -0.15) is 0 Å². The first-order chi connectivity index (χ1) is 6.50. The number of carboxylic acids is 2. The summed E-state index contributed by atoms with van der Waals surface area (Å²) in [5.41, 5.74) is 0. The van der Waals surface area contributed by atoms with Crippen LogP contribution in [0.4, 0.5) is 0 Å². The summed E-state index contributed by atoms with van der Waals surface area (Å²) in [6.07, 6.45) is -0.349. The summed E-state index contributed by atoms with van der Waals surface area (Å²) in [6, 6.07) is -1.82. The highest BCUT2D eigenvalue weighted by Gasteiger charge is 2.32. The van der Waals surface area contributed by atoms with Crippen molar-refractivity contribution in [2.24, 2.45) is 0 Å². The average molecular weight is 202 g/mol. The summed E-state index contributed by atoms with van der Waals surface area (Å²) in [4.78, 5) is 31.9. The number of piperazine rings is 1. The SMILES string of the molecule is O=C(O)CC1NCC(C(=O)O)NC1=O. The van der Waals surface area contributed by atoms with Crippen LogP contribution in [0.15, 0.2) is 0 Å². The highest BCUT2D eigenvalue weighted by Crippen LogP contribution is 2.00. The molecule has 1 amide bonds. The molecule has 1 aliphatic heterocycles. The van der Waals surface area contributed by atoms with E-state index >= 15 is 0 Å². The third-order valence-corrected chi connectivity index (χ3v) is 1.88. The molecule has 1 rings (SSSR count). The fourth-order valence-corrected chi connectivity index (χ4v) is 1.16. The van der Waals surface area contributed by atoms with Crippen LogP contribution in [0.1, 0.15) is 6.42 Å². The van der Waals surface area contributed by atoms with Crippen LogP contribution in [0, 0.1) is 0 Å². The molecule has 0 aromatic heterocycles. The fourth-order valence-electron chi connectivity index (χ4n) is 1.16. The number of aliphatic carboxylic acids is 2. The second-order valence-corrected chi connectivity index (χ2v) is 2.96. The standard InChI is InChI=1S/C7H10N2O5/c10-5(11)1-3-6(12)9-4(2-8-3)7(13)14/h3-4,8H,1-2H2,(H,9,12)(H,10,11)(H,13,14). The Morgan fingerprint density at radius 3 is 2.50 bits per heavy atom. The van der Waals surface area contributed by atoms with Crippen molar-refractivity contribution in [1.29, 1.82) is 0 Å². The zero-order valence-corrected chi connectivity index (χ0v) is 7.19. The Kier molecular flexibility index (Phi) is 3.03. The van der Waals surface area contributed by atoms with Crippen molar-refractivity contribution in [3.05, 3.63) is 0 Å². The van der Waals surface area contributed by atoms with Gasteiger partial charge >= 0.3 is 11.9 Å². The second-order valence-electron chi connectivity index (χ2n) is 2.96. The van der Waals surface area contributed by atoms with Crippen molar-refractivity contribution in [2.75, 3.05) is 6.54 Å². The molecule has 0 saturated carbocycles. The lowest BCUT2D eigenvalue weighted by Gasteiger charge is -2.26. The lowest BCUT2D eigenvalue weighted by Crippen LogP contribution is -2.61. The monoisotopic (exact) mass is 202 g/mol. The van der Waals surface area contributed by atoms with Crippen LogP contribution in [0.3, 0.4) is 0 Å². The molecule has 78 valence electrons. The zero-order chi connectivity index (χ0) is 10.7. The number of nitrogens with one attached hydrogen (secondary N) is 2. The molecule has 1 saturated heterocycles. The quantitative estimate of drug-likeness (QED) is 0.420. The van der Waals surface area contributed by atoms with Gasteiger partial charge in [0.25, 0.3) is 0 Å². The van der Waals surface area contributed by atoms with Crippen molar-refractivity contribution < 1.29 is 24.6 Å². The van der Waals surface area contributed by atoms with Gasteiger partial charge in [-0.25, -0.2) is 4.79 Å². The molecular formula is C7H10N2O5. The number of hydrogen-bond donors (Lipinski definition) is 4. The van der Waals surface area contributed by atoms with Gasteiger partial charge in [0, 0.05) is 6.54 Å². The van der Waals surface area contributed by atoms with Crippen LogP contribution in [-0.2, 0) is 14.4 Å². The Bertz CT molecular complexity index is 277. The second kappa shape index (κ2) is 4.05. The topological polar surface area (TPSA) is 116 Å². The molecule has 14 heavy (non-hydrogen) atoms. The number of carboxylic acid groups (broad SMARTS) is 2. The number of carbonyl (C=O) groups is 3. The average Bonchev–Trinajstić information content (AvgIpc) is 2.07. The first-order valence-corrected chi connectivity index (χ1v) is 3.99. The molecule has 2 unspecified atom stereocenters. The highest BCUT2D eigenvalue weighted by atomic mass is 16.4. The lowest BCUT2D eigenvalue weighted by molar-refractivity contribution is -0.144. The molecule has 0 aromatic rings. The van der Waals surface area contributed by atoms with Crippen molar-refractivity contribution in [1.82, 2.24) is 10.6 Å². The molecule has 0 radical (unpaired) electrons. The smallest absolute Gasteiger partial charge is 0.327 e.